The lowest BCUT2D eigenvalue weighted by Crippen LogP contribution is -1.72. The first kappa shape index (κ1) is 8.74. The van der Waals surface area contributed by atoms with Crippen molar-refractivity contribution in [2.75, 3.05) is 0 Å². The second-order valence-electron chi connectivity index (χ2n) is 1.52. The van der Waals surface area contributed by atoms with Crippen molar-refractivity contribution >= 4 is 0 Å². The maximum absolute atomic E-state index is 8.65. The van der Waals surface area contributed by atoms with Gasteiger partial charge < -0.3 is 15.4 Å². The molecule has 0 saturated carbocycles. The molecule has 0 aromatic heterocycles. The first-order valence-corrected chi connectivity index (χ1v) is 2.53. The summed E-state index contributed by atoms with van der Waals surface area (Å²) in [6.45, 7) is 0. The third-order valence-corrected chi connectivity index (χ3v) is 0.850. The van der Waals surface area contributed by atoms with Crippen molar-refractivity contribution in [1.29, 1.82) is 0 Å². The molecule has 0 aliphatic rings. The molecule has 0 bridgehead atoms. The minimum atomic E-state index is 0.169. The second-order valence-corrected chi connectivity index (χ2v) is 1.52. The Balaban J connectivity index is 0.000000371. The van der Waals surface area contributed by atoms with Crippen molar-refractivity contribution in [3.63, 3.8) is 0 Å². The summed E-state index contributed by atoms with van der Waals surface area (Å²) in [5.74, 6) is 3.84. The first-order chi connectivity index (χ1) is 4.79. The summed E-state index contributed by atoms with van der Waals surface area (Å²) in [6.07, 6.45) is 0. The summed E-state index contributed by atoms with van der Waals surface area (Å²) in [6, 6.07) is 5.70. The molecule has 1 rings (SSSR count). The van der Waals surface area contributed by atoms with Crippen LogP contribution in [0.25, 0.3) is 0 Å². The van der Waals surface area contributed by atoms with Gasteiger partial charge in [-0.25, -0.2) is 5.90 Å². The van der Waals surface area contributed by atoms with Gasteiger partial charge in [-0.1, -0.05) is 0 Å². The van der Waals surface area contributed by atoms with Gasteiger partial charge in [0.05, 0.1) is 0 Å². The Kier molecular flexibility index (Phi) is 4.02. The van der Waals surface area contributed by atoms with Gasteiger partial charge in [-0.2, -0.15) is 0 Å². The molecule has 1 aromatic carbocycles. The van der Waals surface area contributed by atoms with Crippen LogP contribution in [-0.4, -0.2) is 15.4 Å². The van der Waals surface area contributed by atoms with Crippen LogP contribution in [0.15, 0.2) is 24.3 Å². The highest BCUT2D eigenvalue weighted by molar-refractivity contribution is 5.28. The van der Waals surface area contributed by atoms with Gasteiger partial charge in [0.1, 0.15) is 11.5 Å². The predicted molar refractivity (Wildman–Crippen MR) is 35.7 cm³/mol. The third-order valence-electron chi connectivity index (χ3n) is 0.850. The van der Waals surface area contributed by atoms with E-state index in [0.29, 0.717) is 0 Å². The molecule has 0 spiro atoms. The Morgan fingerprint density at radius 3 is 1.20 bits per heavy atom. The Morgan fingerprint density at radius 2 is 1.00 bits per heavy atom. The van der Waals surface area contributed by atoms with Crippen LogP contribution in [0.4, 0.5) is 0 Å². The van der Waals surface area contributed by atoms with E-state index < -0.39 is 0 Å². The number of hydrogen-bond acceptors (Lipinski definition) is 4. The van der Waals surface area contributed by atoms with Crippen molar-refractivity contribution in [3.05, 3.63) is 24.3 Å². The summed E-state index contributed by atoms with van der Waals surface area (Å²) >= 11 is 0. The molecule has 0 unspecified atom stereocenters. The van der Waals surface area contributed by atoms with Crippen LogP contribution in [0.5, 0.6) is 11.5 Å². The maximum atomic E-state index is 8.65. The summed E-state index contributed by atoms with van der Waals surface area (Å²) in [5, 5.41) is 23.8. The van der Waals surface area contributed by atoms with Gasteiger partial charge in [-0.3, -0.25) is 0 Å². The largest absolute Gasteiger partial charge is 0.508 e. The summed E-state index contributed by atoms with van der Waals surface area (Å²) in [5.41, 5.74) is 0. The third kappa shape index (κ3) is 2.91. The summed E-state index contributed by atoms with van der Waals surface area (Å²) in [7, 11) is 0. The van der Waals surface area contributed by atoms with E-state index in [1.54, 1.807) is 0 Å². The van der Waals surface area contributed by atoms with Gasteiger partial charge in [0, 0.05) is 0 Å². The summed E-state index contributed by atoms with van der Waals surface area (Å²) in [4.78, 5) is 0. The molecule has 1 aromatic rings. The zero-order valence-electron chi connectivity index (χ0n) is 5.23. The van der Waals surface area contributed by atoms with Gasteiger partial charge in [-0.15, -0.1) is 0 Å². The van der Waals surface area contributed by atoms with Crippen molar-refractivity contribution in [3.8, 4) is 11.5 Å². The van der Waals surface area contributed by atoms with Crippen LogP contribution in [0.2, 0.25) is 0 Å². The number of aromatic hydroxyl groups is 2. The molecular formula is C6H9NO3. The Bertz CT molecular complexity index is 152. The lowest BCUT2D eigenvalue weighted by molar-refractivity contribution is 0.311. The van der Waals surface area contributed by atoms with Crippen molar-refractivity contribution in [2.24, 2.45) is 5.90 Å². The first-order valence-electron chi connectivity index (χ1n) is 2.53. The van der Waals surface area contributed by atoms with Crippen LogP contribution in [0, 0.1) is 0 Å². The van der Waals surface area contributed by atoms with E-state index in [2.05, 4.69) is 5.90 Å². The fourth-order valence-electron chi connectivity index (χ4n) is 0.453. The standard InChI is InChI=1S/C6H6O2.H3NO/c7-5-1-2-6(8)4-3-5;1-2/h1-4,7-8H;2H,1H2. The molecule has 0 atom stereocenters. The van der Waals surface area contributed by atoms with Crippen LogP contribution in [-0.2, 0) is 0 Å². The Morgan fingerprint density at radius 1 is 0.800 bits per heavy atom. The average Bonchev–Trinajstić information content (AvgIpc) is 2.00. The fourth-order valence-corrected chi connectivity index (χ4v) is 0.453. The van der Waals surface area contributed by atoms with E-state index in [-0.39, 0.29) is 11.5 Å². The molecule has 0 aliphatic heterocycles. The number of phenols is 2. The minimum Gasteiger partial charge on any atom is -0.508 e. The van der Waals surface area contributed by atoms with Crippen LogP contribution >= 0.6 is 0 Å². The van der Waals surface area contributed by atoms with Gasteiger partial charge in [0.25, 0.3) is 0 Å². The molecule has 0 heterocycles. The normalized spacial score (nSPS) is 7.80. The summed E-state index contributed by atoms with van der Waals surface area (Å²) < 4.78 is 0. The maximum Gasteiger partial charge on any atom is 0.115 e. The van der Waals surface area contributed by atoms with Gasteiger partial charge in [-0.05, 0) is 24.3 Å². The number of hydrogen-bond donors (Lipinski definition) is 4. The molecule has 0 amide bonds. The van der Waals surface area contributed by atoms with E-state index in [0.717, 1.165) is 0 Å². The second kappa shape index (κ2) is 4.60. The van der Waals surface area contributed by atoms with Crippen LogP contribution in [0.1, 0.15) is 0 Å². The highest BCUT2D eigenvalue weighted by Gasteiger charge is 1.84. The SMILES string of the molecule is NO.Oc1ccc(O)cc1. The minimum absolute atomic E-state index is 0.169. The molecule has 0 aliphatic carbocycles. The van der Waals surface area contributed by atoms with Gasteiger partial charge >= 0.3 is 0 Å². The molecular weight excluding hydrogens is 134 g/mol. The highest BCUT2D eigenvalue weighted by atomic mass is 16.4. The van der Waals surface area contributed by atoms with Crippen LogP contribution in [0.3, 0.4) is 0 Å². The highest BCUT2D eigenvalue weighted by Crippen LogP contribution is 2.13. The molecule has 0 radical (unpaired) electrons. The number of benzene rings is 1. The van der Waals surface area contributed by atoms with E-state index in [1.807, 2.05) is 0 Å². The molecule has 0 saturated heterocycles. The molecule has 0 fully saturated rings. The van der Waals surface area contributed by atoms with E-state index in [4.69, 9.17) is 15.4 Å². The lowest BCUT2D eigenvalue weighted by Gasteiger charge is -1.88. The van der Waals surface area contributed by atoms with E-state index in [1.165, 1.54) is 24.3 Å². The zero-order chi connectivity index (χ0) is 7.98. The van der Waals surface area contributed by atoms with Crippen molar-refractivity contribution in [2.45, 2.75) is 0 Å². The van der Waals surface area contributed by atoms with Crippen LogP contribution < -0.4 is 5.90 Å². The molecule has 4 nitrogen and oxygen atoms in total. The smallest absolute Gasteiger partial charge is 0.115 e. The monoisotopic (exact) mass is 143 g/mol. The lowest BCUT2D eigenvalue weighted by atomic mass is 10.3. The zero-order valence-corrected chi connectivity index (χ0v) is 5.23. The molecule has 56 valence electrons. The Hall–Kier alpha value is -1.26. The Labute approximate surface area is 58.1 Å². The fraction of sp³-hybridized carbons (Fsp3) is 0. The number of rotatable bonds is 0. The van der Waals surface area contributed by atoms with Crippen molar-refractivity contribution < 1.29 is 15.4 Å². The number of nitrogens with two attached hydrogens (primary N) is 1. The van der Waals surface area contributed by atoms with E-state index >= 15 is 0 Å². The quantitative estimate of drug-likeness (QED) is 0.313. The average molecular weight is 143 g/mol. The molecule has 4 heteroatoms. The van der Waals surface area contributed by atoms with Gasteiger partial charge in [0.2, 0.25) is 0 Å². The topological polar surface area (TPSA) is 86.7 Å². The predicted octanol–water partition coefficient (Wildman–Crippen LogP) is 0.432. The van der Waals surface area contributed by atoms with E-state index in [9.17, 15) is 0 Å². The molecule has 5 N–H and O–H groups in total. The van der Waals surface area contributed by atoms with Gasteiger partial charge in [0.15, 0.2) is 0 Å². The molecule has 10 heavy (non-hydrogen) atoms. The van der Waals surface area contributed by atoms with Crippen molar-refractivity contribution in [1.82, 2.24) is 0 Å². The number of phenolic OH excluding ortho intramolecular Hbond substituents is 2.